The number of hydrogen-bond acceptors (Lipinski definition) is 15. The SMILES string of the molecule is C#CC1CC1.COC(=O)C(Cc1ccccc1)n1cc2cc(Cl)ccc2n1.COC(=O)C(Cc1ccccc1)n1nc2ccc(Cl)cc2c1C#CC1CC1.COC(=O)C(Cc1ccccc1)n1nc2ccc(Cl)cc2c1I.Cl.NO.O=C(NO)C(Cc1ccccc1)n1nc2ccc(Cl)cc2c1C#CC1CC1.[K+].[OH-]. The number of benzene rings is 8. The molecule has 15 rings (SSSR count). The van der Waals surface area contributed by atoms with Crippen molar-refractivity contribution in [2.24, 2.45) is 23.7 Å². The van der Waals surface area contributed by atoms with Gasteiger partial charge in [-0.05, 0) is 168 Å². The third kappa shape index (κ3) is 24.7. The summed E-state index contributed by atoms with van der Waals surface area (Å²) in [5.74, 6) is 19.1. The van der Waals surface area contributed by atoms with Crippen molar-refractivity contribution in [1.29, 1.82) is 0 Å². The first-order valence-electron chi connectivity index (χ1n) is 33.9. The molecule has 4 aromatic heterocycles. The van der Waals surface area contributed by atoms with Crippen LogP contribution < -0.4 is 62.8 Å². The summed E-state index contributed by atoms with van der Waals surface area (Å²) in [7, 11) is 4.18. The molecule has 12 aromatic rings. The zero-order chi connectivity index (χ0) is 75.2. The topological polar surface area (TPSA) is 276 Å². The Morgan fingerprint density at radius 2 is 0.826 bits per heavy atom. The van der Waals surface area contributed by atoms with Crippen LogP contribution in [0.1, 0.15) is 96.3 Å². The minimum atomic E-state index is -0.730. The maximum atomic E-state index is 12.6. The summed E-state index contributed by atoms with van der Waals surface area (Å²) in [6, 6.07) is 58.6. The van der Waals surface area contributed by atoms with E-state index in [4.69, 9.17) is 72.2 Å². The zero-order valence-corrected chi connectivity index (χ0v) is 69.0. The van der Waals surface area contributed by atoms with Crippen molar-refractivity contribution < 1.29 is 101 Å². The number of rotatable bonds is 16. The number of amides is 1. The van der Waals surface area contributed by atoms with Gasteiger partial charge in [0.1, 0.15) is 21.1 Å². The van der Waals surface area contributed by atoms with Gasteiger partial charge < -0.3 is 24.9 Å². The van der Waals surface area contributed by atoms with Crippen molar-refractivity contribution in [3.05, 3.63) is 258 Å². The summed E-state index contributed by atoms with van der Waals surface area (Å²) in [5, 5.41) is 40.1. The van der Waals surface area contributed by atoms with Crippen LogP contribution in [0.3, 0.4) is 0 Å². The molecule has 0 saturated heterocycles. The van der Waals surface area contributed by atoms with Crippen molar-refractivity contribution in [2.75, 3.05) is 21.3 Å². The minimum absolute atomic E-state index is 0. The van der Waals surface area contributed by atoms with Gasteiger partial charge in [0.2, 0.25) is 0 Å². The van der Waals surface area contributed by atoms with E-state index in [1.807, 2.05) is 176 Å². The Morgan fingerprint density at radius 1 is 0.495 bits per heavy atom. The average Bonchev–Trinajstić information content (AvgIpc) is 1.65. The summed E-state index contributed by atoms with van der Waals surface area (Å²) < 4.78 is 22.5. The minimum Gasteiger partial charge on any atom is -0.870 e. The molecule has 558 valence electrons. The fourth-order valence-corrected chi connectivity index (χ4v) is 12.8. The number of esters is 3. The molecule has 3 aliphatic carbocycles. The molecule has 0 bridgehead atoms. The van der Waals surface area contributed by atoms with E-state index in [0.717, 1.165) is 89.7 Å². The van der Waals surface area contributed by atoms with Crippen LogP contribution in [0.2, 0.25) is 20.1 Å². The molecule has 3 saturated carbocycles. The number of methoxy groups -OCH3 is 3. The molecule has 8 aromatic carbocycles. The normalized spacial score (nSPS) is 13.3. The molecular weight excluding hydrogens is 1630 g/mol. The van der Waals surface area contributed by atoms with E-state index in [1.54, 1.807) is 48.5 Å². The Balaban J connectivity index is 0.000000195. The van der Waals surface area contributed by atoms with E-state index < -0.39 is 30.1 Å². The van der Waals surface area contributed by atoms with Crippen molar-refractivity contribution in [1.82, 2.24) is 44.6 Å². The Hall–Kier alpha value is -8.14. The Kier molecular flexibility index (Phi) is 35.1. The van der Waals surface area contributed by atoms with Gasteiger partial charge in [0.25, 0.3) is 5.91 Å². The third-order valence-electron chi connectivity index (χ3n) is 17.3. The van der Waals surface area contributed by atoms with Gasteiger partial charge in [-0.25, -0.2) is 39.8 Å². The standard InChI is InChI=1S/C22H19ClN2O2.C21H18ClN3O2.C17H14ClIN2O2.C17H15ClN2O2.C5H6.ClH.K.H3NO.H2O/c1-27-22(26)21(13-16-5-3-2-4-6-16)25-20(12-9-15-7-8-15)18-14-17(23)10-11-19(18)24-25;22-16-9-10-18-17(13-16)19(11-8-14-6-7-14)25(23-18)20(21(26)24-27)12-15-4-2-1-3-5-15;1-23-17(22)15(9-11-5-3-2-4-6-11)21-16(19)13-10-12(18)7-8-14(13)20-21;1-22-17(21)16(9-12-5-3-2-4-6-12)20-11-13-10-14(18)7-8-15(13)19-20;1-2-5-3-4-5;;;1-2;/h2-6,10-11,14-15,21H,7-8,13H2,1H3;1-5,9-10,13-14,20,27H,6-7,12H2,(H,24,26);2-8,10,15H,9H2,1H3;2-8,10-11,16H,9H2,1H3;1,5H,3-4H2;1H;;2H,1H2;1H2/q;;;;;;+1;;/p-1. The van der Waals surface area contributed by atoms with Gasteiger partial charge in [0.15, 0.2) is 18.1 Å². The number of carbonyl (C=O) groups excluding carboxylic acids is 4. The Labute approximate surface area is 713 Å². The van der Waals surface area contributed by atoms with Crippen LogP contribution in [0.5, 0.6) is 0 Å². The zero-order valence-electron chi connectivity index (χ0n) is 59.9. The molecule has 3 fully saturated rings. The van der Waals surface area contributed by atoms with Crippen molar-refractivity contribution in [3.8, 4) is 36.0 Å². The fraction of sp³-hybridized carbons (Fsp3) is 0.244. The van der Waals surface area contributed by atoms with Crippen LogP contribution in [-0.4, -0.2) is 100 Å². The van der Waals surface area contributed by atoms with Gasteiger partial charge >= 0.3 is 69.3 Å². The maximum absolute atomic E-state index is 12.6. The summed E-state index contributed by atoms with van der Waals surface area (Å²) >= 11 is 26.6. The van der Waals surface area contributed by atoms with Crippen LogP contribution in [0, 0.1) is 57.5 Å². The van der Waals surface area contributed by atoms with Gasteiger partial charge in [-0.2, -0.15) is 20.4 Å². The van der Waals surface area contributed by atoms with Gasteiger partial charge in [0.05, 0.1) is 43.4 Å². The van der Waals surface area contributed by atoms with Gasteiger partial charge in [0, 0.05) is 91.3 Å². The summed E-state index contributed by atoms with van der Waals surface area (Å²) in [6.07, 6.45) is 15.7. The second-order valence-corrected chi connectivity index (χ2v) is 27.8. The predicted molar refractivity (Wildman–Crippen MR) is 430 cm³/mol. The van der Waals surface area contributed by atoms with Crippen LogP contribution >= 0.6 is 81.4 Å². The number of terminal acetylenes is 1. The first kappa shape index (κ1) is 88.1. The van der Waals surface area contributed by atoms with Crippen LogP contribution in [0.25, 0.3) is 43.6 Å². The molecule has 0 spiro atoms. The molecule has 4 heterocycles. The van der Waals surface area contributed by atoms with E-state index >= 15 is 0 Å². The predicted octanol–water partition coefficient (Wildman–Crippen LogP) is 13.7. The number of hydroxylamine groups is 1. The second kappa shape index (κ2) is 43.5. The largest absolute Gasteiger partial charge is 1.00 e. The number of fused-ring (bicyclic) bond motifs is 4. The van der Waals surface area contributed by atoms with E-state index in [1.165, 1.54) is 34.2 Å². The molecule has 27 heteroatoms. The number of nitrogens with zero attached hydrogens (tertiary/aromatic N) is 8. The van der Waals surface area contributed by atoms with Gasteiger partial charge in [-0.1, -0.05) is 180 Å². The molecule has 0 aliphatic heterocycles. The number of nitrogens with two attached hydrogens (primary N) is 1. The molecule has 0 radical (unpaired) electrons. The average molecular weight is 1710 g/mol. The number of halogens is 6. The Morgan fingerprint density at radius 3 is 1.20 bits per heavy atom. The van der Waals surface area contributed by atoms with E-state index in [-0.39, 0.29) is 87.2 Å². The van der Waals surface area contributed by atoms with Crippen LogP contribution in [0.15, 0.2) is 200 Å². The first-order chi connectivity index (χ1) is 51.5. The van der Waals surface area contributed by atoms with Crippen molar-refractivity contribution in [2.45, 2.75) is 88.4 Å². The molecule has 3 aliphatic rings. The molecule has 20 nitrogen and oxygen atoms in total. The quantitative estimate of drug-likeness (QED) is 0.0133. The van der Waals surface area contributed by atoms with Crippen LogP contribution in [0.4, 0.5) is 0 Å². The molecule has 109 heavy (non-hydrogen) atoms. The smallest absolute Gasteiger partial charge is 0.870 e. The van der Waals surface area contributed by atoms with Crippen molar-refractivity contribution in [3.63, 3.8) is 0 Å². The number of ether oxygens (including phenoxy) is 3. The second-order valence-electron chi connectivity index (χ2n) is 25.0. The summed E-state index contributed by atoms with van der Waals surface area (Å²) in [6.45, 7) is 0. The first-order valence-corrected chi connectivity index (χ1v) is 36.5. The van der Waals surface area contributed by atoms with E-state index in [2.05, 4.69) is 78.5 Å². The fourth-order valence-electron chi connectivity index (χ4n) is 11.3. The number of carbonyl (C=O) groups is 4. The summed E-state index contributed by atoms with van der Waals surface area (Å²) in [5.41, 5.74) is 10.3. The van der Waals surface area contributed by atoms with Gasteiger partial charge in [-0.15, -0.1) is 24.8 Å². The number of hydrogen-bond donors (Lipinski definition) is 4. The number of aromatic nitrogens is 8. The molecule has 6 N–H and O–H groups in total. The molecule has 1 amide bonds. The van der Waals surface area contributed by atoms with Gasteiger partial charge in [-0.3, -0.25) is 14.7 Å². The van der Waals surface area contributed by atoms with E-state index in [9.17, 15) is 24.4 Å². The molecule has 4 atom stereocenters. The van der Waals surface area contributed by atoms with Crippen LogP contribution in [-0.2, 0) is 59.1 Å². The molecule has 4 unspecified atom stereocenters. The maximum Gasteiger partial charge on any atom is 1.00 e. The summed E-state index contributed by atoms with van der Waals surface area (Å²) in [4.78, 5) is 49.5. The Bertz CT molecular complexity index is 5040. The van der Waals surface area contributed by atoms with E-state index in [0.29, 0.717) is 80.4 Å². The number of nitrogens with one attached hydrogen (secondary N) is 1. The monoisotopic (exact) mass is 1700 g/mol. The molecular formula is C82H77Cl5IKN10O10. The third-order valence-corrected chi connectivity index (χ3v) is 19.3. The van der Waals surface area contributed by atoms with Crippen molar-refractivity contribution >= 4 is 149 Å².